The molecule has 0 bridgehead atoms. The van der Waals surface area contributed by atoms with Gasteiger partial charge in [0.05, 0.1) is 6.10 Å². The molecule has 4 aliphatic carbocycles. The average molecular weight is 515 g/mol. The van der Waals surface area contributed by atoms with E-state index >= 15 is 0 Å². The van der Waals surface area contributed by atoms with Gasteiger partial charge in [-0.1, -0.05) is 70.1 Å². The third kappa shape index (κ3) is 3.57. The maximum atomic E-state index is 11.8. The molecule has 0 aromatic heterocycles. The van der Waals surface area contributed by atoms with Crippen LogP contribution in [0.3, 0.4) is 0 Å². The van der Waals surface area contributed by atoms with Crippen LogP contribution in [0.2, 0.25) is 0 Å². The molecule has 11 atom stereocenters. The smallest absolute Gasteiger partial charge is 0.0605 e. The molecular weight excluding hydrogens is 467 g/mol. The van der Waals surface area contributed by atoms with Gasteiger partial charge in [-0.3, -0.25) is 0 Å². The molecule has 0 aromatic rings. The molecule has 29 heavy (non-hydrogen) atoms. The van der Waals surface area contributed by atoms with Gasteiger partial charge >= 0.3 is 0 Å². The zero-order valence-corrected chi connectivity index (χ0v) is 22.0. The predicted octanol–water partition coefficient (Wildman–Crippen LogP) is 7.74. The largest absolute Gasteiger partial charge is 0.393 e. The monoisotopic (exact) mass is 514 g/mol. The summed E-state index contributed by atoms with van der Waals surface area (Å²) in [4.78, 5) is 0. The first-order chi connectivity index (χ1) is 13.8. The minimum absolute atomic E-state index is 0.0404. The van der Waals surface area contributed by atoms with Gasteiger partial charge in [0.1, 0.15) is 0 Å². The highest BCUT2D eigenvalue weighted by molar-refractivity contribution is 14.1. The van der Waals surface area contributed by atoms with Gasteiger partial charge < -0.3 is 5.11 Å². The summed E-state index contributed by atoms with van der Waals surface area (Å²) in [5, 5.41) is 11.8. The Labute approximate surface area is 194 Å². The molecule has 0 spiro atoms. The highest BCUT2D eigenvalue weighted by Crippen LogP contribution is 2.69. The van der Waals surface area contributed by atoms with Crippen LogP contribution in [0, 0.1) is 58.2 Å². The van der Waals surface area contributed by atoms with Gasteiger partial charge in [0.2, 0.25) is 0 Å². The number of aliphatic hydroxyl groups excluding tert-OH is 1. The fraction of sp³-hybridized carbons (Fsp3) is 1.00. The summed E-state index contributed by atoms with van der Waals surface area (Å²) < 4.78 is 1.30. The average Bonchev–Trinajstić information content (AvgIpc) is 3.05. The Morgan fingerprint density at radius 1 is 1.00 bits per heavy atom. The SMILES string of the molecule is CC[C@H]1[C@@H](O)[C@@H]2[C@H](CC[C@]3(C)[C@@H]([C@H](C)CCCI)CC[C@@H]23)[C@@]2(C)CC[C@@H](C)C[C@@H]12. The Morgan fingerprint density at radius 3 is 2.38 bits per heavy atom. The Bertz CT molecular complexity index is 577. The van der Waals surface area contributed by atoms with Gasteiger partial charge in [0.15, 0.2) is 0 Å². The van der Waals surface area contributed by atoms with Crippen molar-refractivity contribution >= 4 is 22.6 Å². The van der Waals surface area contributed by atoms with Gasteiger partial charge in [0.25, 0.3) is 0 Å². The van der Waals surface area contributed by atoms with E-state index in [4.69, 9.17) is 0 Å². The lowest BCUT2D eigenvalue weighted by atomic mass is 9.41. The zero-order chi connectivity index (χ0) is 21.0. The van der Waals surface area contributed by atoms with E-state index in [-0.39, 0.29) is 6.10 Å². The number of halogens is 1. The molecule has 4 rings (SSSR count). The molecule has 4 saturated carbocycles. The summed E-state index contributed by atoms with van der Waals surface area (Å²) in [6.07, 6.45) is 13.8. The maximum absolute atomic E-state index is 11.8. The first kappa shape index (κ1) is 22.9. The van der Waals surface area contributed by atoms with Crippen LogP contribution in [-0.2, 0) is 0 Å². The van der Waals surface area contributed by atoms with Crippen LogP contribution in [0.1, 0.15) is 98.8 Å². The summed E-state index contributed by atoms with van der Waals surface area (Å²) in [7, 11) is 0. The first-order valence-electron chi connectivity index (χ1n) is 13.0. The summed E-state index contributed by atoms with van der Waals surface area (Å²) in [6, 6.07) is 0. The number of alkyl halides is 1. The molecule has 0 aromatic carbocycles. The van der Waals surface area contributed by atoms with Crippen molar-refractivity contribution < 1.29 is 5.11 Å². The molecule has 1 nitrogen and oxygen atoms in total. The summed E-state index contributed by atoms with van der Waals surface area (Å²) in [6.45, 7) is 12.7. The quantitative estimate of drug-likeness (QED) is 0.294. The van der Waals surface area contributed by atoms with Crippen molar-refractivity contribution in [3.05, 3.63) is 0 Å². The zero-order valence-electron chi connectivity index (χ0n) is 19.8. The van der Waals surface area contributed by atoms with Crippen molar-refractivity contribution in [2.24, 2.45) is 58.2 Å². The standard InChI is InChI=1S/C27H47IO/c1-6-19-23-16-17(2)11-13-27(23,5)22-12-14-26(4)20(18(3)8-7-15-28)9-10-21(26)24(22)25(19)29/h17-25,29H,6-16H2,1-5H3/t17-,18-,19-,20-,21+,22+,23+,24+,25-,26-,27-/m1/s1. The normalized spacial score (nSPS) is 53.1. The predicted molar refractivity (Wildman–Crippen MR) is 132 cm³/mol. The van der Waals surface area contributed by atoms with Crippen LogP contribution >= 0.6 is 22.6 Å². The van der Waals surface area contributed by atoms with Crippen LogP contribution in [0.15, 0.2) is 0 Å². The van der Waals surface area contributed by atoms with Crippen LogP contribution in [0.4, 0.5) is 0 Å². The molecule has 168 valence electrons. The van der Waals surface area contributed by atoms with Crippen molar-refractivity contribution in [2.75, 3.05) is 4.43 Å². The number of aliphatic hydroxyl groups is 1. The number of hydrogen-bond acceptors (Lipinski definition) is 1. The number of fused-ring (bicyclic) bond motifs is 5. The van der Waals surface area contributed by atoms with Crippen molar-refractivity contribution in [2.45, 2.75) is 105 Å². The van der Waals surface area contributed by atoms with Crippen LogP contribution in [0.5, 0.6) is 0 Å². The fourth-order valence-corrected chi connectivity index (χ4v) is 10.2. The maximum Gasteiger partial charge on any atom is 0.0605 e. The highest BCUT2D eigenvalue weighted by atomic mass is 127. The Kier molecular flexibility index (Phi) is 6.75. The Hall–Kier alpha value is 0.690. The third-order valence-corrected chi connectivity index (χ3v) is 12.0. The minimum Gasteiger partial charge on any atom is -0.393 e. The van der Waals surface area contributed by atoms with Gasteiger partial charge in [-0.05, 0) is 114 Å². The molecule has 0 radical (unpaired) electrons. The number of rotatable bonds is 5. The Balaban J connectivity index is 1.63. The first-order valence-corrected chi connectivity index (χ1v) is 14.5. The minimum atomic E-state index is -0.0404. The molecule has 2 heteroatoms. The lowest BCUT2D eigenvalue weighted by Gasteiger charge is -2.65. The van der Waals surface area contributed by atoms with E-state index in [9.17, 15) is 5.11 Å². The summed E-state index contributed by atoms with van der Waals surface area (Å²) >= 11 is 2.55. The van der Waals surface area contributed by atoms with Crippen molar-refractivity contribution in [1.82, 2.24) is 0 Å². The molecule has 0 aliphatic heterocycles. The topological polar surface area (TPSA) is 20.2 Å². The van der Waals surface area contributed by atoms with E-state index in [1.165, 1.54) is 68.6 Å². The third-order valence-electron chi connectivity index (χ3n) is 11.2. The van der Waals surface area contributed by atoms with Gasteiger partial charge in [-0.15, -0.1) is 0 Å². The van der Waals surface area contributed by atoms with E-state index < -0.39 is 0 Å². The van der Waals surface area contributed by atoms with Crippen molar-refractivity contribution in [3.63, 3.8) is 0 Å². The second-order valence-electron chi connectivity index (χ2n) is 12.4. The van der Waals surface area contributed by atoms with Crippen molar-refractivity contribution in [1.29, 1.82) is 0 Å². The van der Waals surface area contributed by atoms with E-state index in [1.807, 2.05) is 0 Å². The van der Waals surface area contributed by atoms with E-state index in [0.717, 1.165) is 35.5 Å². The van der Waals surface area contributed by atoms with E-state index in [0.29, 0.717) is 22.7 Å². The number of hydrogen-bond donors (Lipinski definition) is 1. The van der Waals surface area contributed by atoms with Crippen LogP contribution in [0.25, 0.3) is 0 Å². The van der Waals surface area contributed by atoms with E-state index in [1.54, 1.807) is 0 Å². The lowest BCUT2D eigenvalue weighted by Crippen LogP contribution is -2.61. The Morgan fingerprint density at radius 2 is 1.69 bits per heavy atom. The molecule has 0 amide bonds. The lowest BCUT2D eigenvalue weighted by molar-refractivity contribution is -0.198. The molecule has 4 aliphatic rings. The summed E-state index contributed by atoms with van der Waals surface area (Å²) in [5.74, 6) is 6.04. The van der Waals surface area contributed by atoms with Crippen LogP contribution < -0.4 is 0 Å². The fourth-order valence-electron chi connectivity index (χ4n) is 9.75. The second kappa shape index (κ2) is 8.56. The summed E-state index contributed by atoms with van der Waals surface area (Å²) in [5.41, 5.74) is 0.972. The van der Waals surface area contributed by atoms with E-state index in [2.05, 4.69) is 57.2 Å². The molecule has 4 fully saturated rings. The molecule has 0 unspecified atom stereocenters. The molecular formula is C27H47IO. The van der Waals surface area contributed by atoms with Gasteiger partial charge in [0, 0.05) is 0 Å². The highest BCUT2D eigenvalue weighted by Gasteiger charge is 2.64. The van der Waals surface area contributed by atoms with Gasteiger partial charge in [-0.25, -0.2) is 0 Å². The molecule has 0 heterocycles. The van der Waals surface area contributed by atoms with Crippen LogP contribution in [-0.4, -0.2) is 15.6 Å². The van der Waals surface area contributed by atoms with Gasteiger partial charge in [-0.2, -0.15) is 0 Å². The molecule has 1 N–H and O–H groups in total. The molecule has 0 saturated heterocycles. The second-order valence-corrected chi connectivity index (χ2v) is 13.5. The van der Waals surface area contributed by atoms with Crippen molar-refractivity contribution in [3.8, 4) is 0 Å².